The molecule has 3 heterocycles. The summed E-state index contributed by atoms with van der Waals surface area (Å²) in [5.74, 6) is 3.51. The van der Waals surface area contributed by atoms with Crippen LogP contribution in [0, 0.1) is 0 Å². The first-order valence-corrected chi connectivity index (χ1v) is 24.0. The molecule has 2 unspecified atom stereocenters. The summed E-state index contributed by atoms with van der Waals surface area (Å²) in [6.45, 7) is 0. The van der Waals surface area contributed by atoms with Crippen LogP contribution in [0.3, 0.4) is 0 Å². The Morgan fingerprint density at radius 2 is 0.718 bits per heavy atom. The molecule has 9 aromatic carbocycles. The predicted molar refractivity (Wildman–Crippen MR) is 283 cm³/mol. The summed E-state index contributed by atoms with van der Waals surface area (Å²) in [4.78, 5) is 31.2. The largest absolute Gasteiger partial charge is 0.292 e. The van der Waals surface area contributed by atoms with Crippen LogP contribution in [0.1, 0.15) is 45.2 Å². The molecule has 0 amide bonds. The molecule has 2 bridgehead atoms. The Kier molecular flexibility index (Phi) is 9.52. The van der Waals surface area contributed by atoms with Crippen molar-refractivity contribution in [3.05, 3.63) is 270 Å². The Morgan fingerprint density at radius 3 is 1.32 bits per heavy atom. The summed E-state index contributed by atoms with van der Waals surface area (Å²) in [5.41, 5.74) is 19.3. The maximum absolute atomic E-state index is 5.35. The second-order valence-corrected chi connectivity index (χ2v) is 18.2. The fourth-order valence-corrected chi connectivity index (χ4v) is 10.8. The lowest BCUT2D eigenvalue weighted by molar-refractivity contribution is 0.754. The first-order valence-electron chi connectivity index (χ1n) is 24.0. The first-order chi connectivity index (χ1) is 35.2. The molecule has 0 spiro atoms. The van der Waals surface area contributed by atoms with Gasteiger partial charge in [-0.05, 0) is 75.8 Å². The molecule has 0 saturated heterocycles. The van der Waals surface area contributed by atoms with E-state index in [4.69, 9.17) is 29.9 Å². The quantitative estimate of drug-likeness (QED) is 0.151. The van der Waals surface area contributed by atoms with E-state index >= 15 is 0 Å². The van der Waals surface area contributed by atoms with Crippen molar-refractivity contribution >= 4 is 11.0 Å². The van der Waals surface area contributed by atoms with Gasteiger partial charge in [-0.15, -0.1) is 0 Å². The van der Waals surface area contributed by atoms with Gasteiger partial charge in [-0.2, -0.15) is 0 Å². The average Bonchev–Trinajstić information content (AvgIpc) is 3.85. The fraction of sp³-hybridized carbons (Fsp3) is 0.0312. The van der Waals surface area contributed by atoms with E-state index in [-0.39, 0.29) is 11.8 Å². The summed E-state index contributed by atoms with van der Waals surface area (Å²) in [5, 5.41) is 0. The second kappa shape index (κ2) is 16.6. The predicted octanol–water partition coefficient (Wildman–Crippen LogP) is 14.7. The van der Waals surface area contributed by atoms with Crippen LogP contribution < -0.4 is 0 Å². The molecule has 7 heteroatoms. The molecular formula is C64H41N7. The van der Waals surface area contributed by atoms with E-state index in [1.807, 2.05) is 66.7 Å². The molecule has 3 aliphatic carbocycles. The molecule has 0 saturated carbocycles. The van der Waals surface area contributed by atoms with Gasteiger partial charge in [0.25, 0.3) is 0 Å². The van der Waals surface area contributed by atoms with Crippen molar-refractivity contribution in [3.63, 3.8) is 0 Å². The normalized spacial score (nSPS) is 14.2. The van der Waals surface area contributed by atoms with E-state index < -0.39 is 0 Å². The van der Waals surface area contributed by atoms with Crippen LogP contribution in [0.4, 0.5) is 0 Å². The van der Waals surface area contributed by atoms with Crippen LogP contribution in [0.25, 0.3) is 96.2 Å². The Bertz CT molecular complexity index is 3940. The molecule has 7 nitrogen and oxygen atoms in total. The van der Waals surface area contributed by atoms with Gasteiger partial charge in [-0.3, -0.25) is 4.57 Å². The van der Waals surface area contributed by atoms with E-state index in [1.165, 1.54) is 33.4 Å². The minimum absolute atomic E-state index is 0.0231. The number of nitrogens with zero attached hydrogens (tertiary/aromatic N) is 7. The Labute approximate surface area is 410 Å². The highest BCUT2D eigenvalue weighted by molar-refractivity contribution is 5.89. The average molecular weight is 908 g/mol. The number of hydrogen-bond acceptors (Lipinski definition) is 6. The number of para-hydroxylation sites is 3. The summed E-state index contributed by atoms with van der Waals surface area (Å²) >= 11 is 0. The number of fused-ring (bicyclic) bond motifs is 1. The maximum atomic E-state index is 5.35. The molecule has 0 fully saturated rings. The van der Waals surface area contributed by atoms with Crippen LogP contribution in [0.2, 0.25) is 0 Å². The van der Waals surface area contributed by atoms with E-state index in [2.05, 4.69) is 174 Å². The van der Waals surface area contributed by atoms with Crippen LogP contribution in [0.5, 0.6) is 0 Å². The van der Waals surface area contributed by atoms with Gasteiger partial charge >= 0.3 is 0 Å². The first kappa shape index (κ1) is 40.6. The number of aromatic nitrogens is 7. The van der Waals surface area contributed by atoms with Gasteiger partial charge in [0.2, 0.25) is 0 Å². The van der Waals surface area contributed by atoms with Crippen molar-refractivity contribution in [2.45, 2.75) is 11.8 Å². The van der Waals surface area contributed by atoms with Gasteiger partial charge in [0.1, 0.15) is 5.82 Å². The summed E-state index contributed by atoms with van der Waals surface area (Å²) < 4.78 is 2.25. The monoisotopic (exact) mass is 907 g/mol. The Hall–Kier alpha value is -9.46. The number of imidazole rings is 1. The number of rotatable bonds is 8. The maximum Gasteiger partial charge on any atom is 0.164 e. The van der Waals surface area contributed by atoms with Crippen molar-refractivity contribution in [3.8, 4) is 85.1 Å². The second-order valence-electron chi connectivity index (χ2n) is 18.2. The molecule has 0 aliphatic heterocycles. The number of hydrogen-bond donors (Lipinski definition) is 0. The minimum Gasteiger partial charge on any atom is -0.292 e. The Morgan fingerprint density at radius 1 is 0.282 bits per heavy atom. The van der Waals surface area contributed by atoms with Gasteiger partial charge in [-0.25, -0.2) is 29.9 Å². The van der Waals surface area contributed by atoms with Crippen molar-refractivity contribution < 1.29 is 0 Å². The molecule has 15 rings (SSSR count). The topological polar surface area (TPSA) is 82.3 Å². The summed E-state index contributed by atoms with van der Waals surface area (Å²) in [6, 6.07) is 82.7. The molecule has 3 aliphatic rings. The van der Waals surface area contributed by atoms with E-state index in [0.717, 1.165) is 72.9 Å². The lowest BCUT2D eigenvalue weighted by Crippen LogP contribution is -2.27. The molecule has 12 aromatic rings. The van der Waals surface area contributed by atoms with Gasteiger partial charge in [0.05, 0.1) is 22.4 Å². The van der Waals surface area contributed by atoms with Crippen molar-refractivity contribution in [1.82, 2.24) is 34.5 Å². The molecular weight excluding hydrogens is 867 g/mol. The highest BCUT2D eigenvalue weighted by Crippen LogP contribution is 2.57. The van der Waals surface area contributed by atoms with E-state index in [0.29, 0.717) is 23.3 Å². The van der Waals surface area contributed by atoms with Crippen molar-refractivity contribution in [2.75, 3.05) is 0 Å². The lowest BCUT2D eigenvalue weighted by Gasteiger charge is -2.42. The van der Waals surface area contributed by atoms with Gasteiger partial charge < -0.3 is 0 Å². The summed E-state index contributed by atoms with van der Waals surface area (Å²) in [7, 11) is 0. The SMILES string of the molecule is c1ccc(-c2nc(-c3ccc4c(c3)C3c5ccccc5C4c4cc(-c5nc(-c6ccccc6)nc(-c6ccccc6)n5)ccc43)cc(-c3ccccc3-c3nc4ccccc4n3-c3ccccc3)n2)cc1. The van der Waals surface area contributed by atoms with E-state index in [9.17, 15) is 0 Å². The van der Waals surface area contributed by atoms with Gasteiger partial charge in [0, 0.05) is 56.5 Å². The van der Waals surface area contributed by atoms with Gasteiger partial charge in [0.15, 0.2) is 23.3 Å². The fourth-order valence-electron chi connectivity index (χ4n) is 10.8. The third kappa shape index (κ3) is 6.89. The van der Waals surface area contributed by atoms with Crippen LogP contribution in [-0.4, -0.2) is 34.5 Å². The van der Waals surface area contributed by atoms with Crippen molar-refractivity contribution in [1.29, 1.82) is 0 Å². The zero-order chi connectivity index (χ0) is 46.8. The summed E-state index contributed by atoms with van der Waals surface area (Å²) in [6.07, 6.45) is 0. The molecule has 3 aromatic heterocycles. The minimum atomic E-state index is 0.0231. The molecule has 0 N–H and O–H groups in total. The lowest BCUT2D eigenvalue weighted by atomic mass is 9.60. The third-order valence-corrected chi connectivity index (χ3v) is 14.1. The molecule has 332 valence electrons. The third-order valence-electron chi connectivity index (χ3n) is 14.1. The van der Waals surface area contributed by atoms with Gasteiger partial charge in [-0.1, -0.05) is 194 Å². The number of benzene rings is 9. The molecule has 0 radical (unpaired) electrons. The van der Waals surface area contributed by atoms with Crippen LogP contribution in [-0.2, 0) is 0 Å². The zero-order valence-electron chi connectivity index (χ0n) is 38.3. The standard InChI is InChI=1S/C64H41N7/c1-5-19-40(20-6-1)60-65-55(39-56(66-60)46-27-13-16-30-51(46)64-67-54-31-17-18-32-57(54)71(64)45-25-11-4-12-26-45)43-33-35-49-52(37-43)58-47-28-14-15-29-48(47)59(49)53-38-44(34-36-50(53)58)63-69-61(41-21-7-2-8-22-41)68-62(70-63)42-23-9-3-10-24-42/h1-39,58-59H. The highest BCUT2D eigenvalue weighted by atomic mass is 15.1. The Balaban J connectivity index is 0.906. The molecule has 2 atom stereocenters. The van der Waals surface area contributed by atoms with E-state index in [1.54, 1.807) is 0 Å². The van der Waals surface area contributed by atoms with Crippen LogP contribution >= 0.6 is 0 Å². The highest BCUT2D eigenvalue weighted by Gasteiger charge is 2.41. The van der Waals surface area contributed by atoms with Crippen molar-refractivity contribution in [2.24, 2.45) is 0 Å². The zero-order valence-corrected chi connectivity index (χ0v) is 38.3. The molecule has 71 heavy (non-hydrogen) atoms. The smallest absolute Gasteiger partial charge is 0.164 e. The van der Waals surface area contributed by atoms with Crippen LogP contribution in [0.15, 0.2) is 237 Å².